The Morgan fingerprint density at radius 3 is 2.56 bits per heavy atom. The van der Waals surface area contributed by atoms with E-state index in [4.69, 9.17) is 15.2 Å². The maximum absolute atomic E-state index is 12.7. The number of nitrogens with one attached hydrogen (secondary N) is 1. The van der Waals surface area contributed by atoms with Gasteiger partial charge in [-0.25, -0.2) is 9.78 Å². The van der Waals surface area contributed by atoms with E-state index < -0.39 is 5.97 Å². The second-order valence-corrected chi connectivity index (χ2v) is 6.49. The number of methoxy groups -OCH3 is 2. The van der Waals surface area contributed by atoms with Crippen molar-refractivity contribution in [1.29, 1.82) is 0 Å². The molecular weight excluding hydrogens is 366 g/mol. The molecule has 1 heterocycles. The number of ketones is 1. The highest BCUT2D eigenvalue weighted by atomic mass is 32.1. The lowest BCUT2D eigenvalue weighted by Gasteiger charge is -2.04. The van der Waals surface area contributed by atoms with E-state index in [9.17, 15) is 9.59 Å². The van der Waals surface area contributed by atoms with Crippen LogP contribution < -0.4 is 15.8 Å². The number of carbonyl (C=O) groups excluding carboxylic acids is 2. The lowest BCUT2D eigenvalue weighted by molar-refractivity contribution is 0.0600. The Labute approximate surface area is 159 Å². The Morgan fingerprint density at radius 2 is 1.81 bits per heavy atom. The lowest BCUT2D eigenvalue weighted by atomic mass is 10.1. The van der Waals surface area contributed by atoms with Gasteiger partial charge in [-0.2, -0.15) is 0 Å². The Kier molecular flexibility index (Phi) is 5.37. The molecule has 0 bridgehead atoms. The highest BCUT2D eigenvalue weighted by molar-refractivity contribution is 7.18. The third kappa shape index (κ3) is 4.06. The van der Waals surface area contributed by atoms with Gasteiger partial charge in [0.05, 0.1) is 19.8 Å². The molecule has 0 spiro atoms. The van der Waals surface area contributed by atoms with E-state index in [1.165, 1.54) is 14.2 Å². The number of benzene rings is 2. The van der Waals surface area contributed by atoms with Crippen molar-refractivity contribution in [1.82, 2.24) is 4.98 Å². The quantitative estimate of drug-likeness (QED) is 0.496. The van der Waals surface area contributed by atoms with Gasteiger partial charge >= 0.3 is 5.97 Å². The second kappa shape index (κ2) is 7.88. The van der Waals surface area contributed by atoms with Crippen molar-refractivity contribution in [2.45, 2.75) is 0 Å². The number of nitrogens with two attached hydrogens (primary N) is 1. The van der Waals surface area contributed by atoms with Crippen molar-refractivity contribution in [2.24, 2.45) is 0 Å². The van der Waals surface area contributed by atoms with Crippen molar-refractivity contribution in [3.63, 3.8) is 0 Å². The van der Waals surface area contributed by atoms with Crippen LogP contribution in [0.2, 0.25) is 0 Å². The van der Waals surface area contributed by atoms with Crippen LogP contribution in [0.4, 0.5) is 16.6 Å². The highest BCUT2D eigenvalue weighted by Gasteiger charge is 2.19. The second-order valence-electron chi connectivity index (χ2n) is 5.49. The first-order chi connectivity index (χ1) is 13.0. The minimum Gasteiger partial charge on any atom is -0.497 e. The molecule has 0 aliphatic rings. The summed E-state index contributed by atoms with van der Waals surface area (Å²) < 4.78 is 9.86. The predicted octanol–water partition coefficient (Wildman–Crippen LogP) is 3.50. The standard InChI is InChI=1S/C19H17N3O4S/c1-25-14-8-4-5-11(10-14)15(23)16-17(20)22-19(27-16)21-13-7-3-6-12(9-13)18(24)26-2/h3-10H,20H2,1-2H3,(H,21,22). The fraction of sp³-hybridized carbons (Fsp3) is 0.105. The topological polar surface area (TPSA) is 104 Å². The smallest absolute Gasteiger partial charge is 0.337 e. The van der Waals surface area contributed by atoms with E-state index in [1.807, 2.05) is 0 Å². The zero-order valence-corrected chi connectivity index (χ0v) is 15.5. The average molecular weight is 383 g/mol. The van der Waals surface area contributed by atoms with Crippen molar-refractivity contribution < 1.29 is 19.1 Å². The molecule has 1 aromatic heterocycles. The van der Waals surface area contributed by atoms with E-state index in [1.54, 1.807) is 48.5 Å². The number of hydrogen-bond acceptors (Lipinski definition) is 8. The average Bonchev–Trinajstić information content (AvgIpc) is 3.06. The zero-order valence-electron chi connectivity index (χ0n) is 14.7. The van der Waals surface area contributed by atoms with E-state index in [0.717, 1.165) is 11.3 Å². The van der Waals surface area contributed by atoms with Gasteiger partial charge in [-0.3, -0.25) is 4.79 Å². The first-order valence-electron chi connectivity index (χ1n) is 7.92. The van der Waals surface area contributed by atoms with E-state index in [2.05, 4.69) is 10.3 Å². The van der Waals surface area contributed by atoms with E-state index in [-0.39, 0.29) is 11.6 Å². The van der Waals surface area contributed by atoms with Crippen LogP contribution in [0.3, 0.4) is 0 Å². The SMILES string of the molecule is COC(=O)c1cccc(Nc2nc(N)c(C(=O)c3cccc(OC)c3)s2)c1. The first-order valence-corrected chi connectivity index (χ1v) is 8.74. The number of rotatable bonds is 6. The largest absolute Gasteiger partial charge is 0.497 e. The molecule has 0 saturated heterocycles. The minimum absolute atomic E-state index is 0.138. The molecule has 0 atom stereocenters. The van der Waals surface area contributed by atoms with Gasteiger partial charge in [-0.15, -0.1) is 0 Å². The summed E-state index contributed by atoms with van der Waals surface area (Å²) in [6.45, 7) is 0. The van der Waals surface area contributed by atoms with Crippen LogP contribution in [0.1, 0.15) is 25.6 Å². The number of hydrogen-bond donors (Lipinski definition) is 2. The summed E-state index contributed by atoms with van der Waals surface area (Å²) in [5.74, 6) is 0.0489. The molecule has 3 rings (SSSR count). The molecule has 138 valence electrons. The summed E-state index contributed by atoms with van der Waals surface area (Å²) >= 11 is 1.14. The maximum Gasteiger partial charge on any atom is 0.337 e. The van der Waals surface area contributed by atoms with Gasteiger partial charge in [0, 0.05) is 11.3 Å². The zero-order chi connectivity index (χ0) is 19.4. The molecule has 0 aliphatic carbocycles. The molecule has 8 heteroatoms. The normalized spacial score (nSPS) is 10.3. The van der Waals surface area contributed by atoms with Gasteiger partial charge in [-0.1, -0.05) is 29.5 Å². The van der Waals surface area contributed by atoms with Crippen molar-refractivity contribution in [2.75, 3.05) is 25.3 Å². The number of carbonyl (C=O) groups is 2. The number of thiazole rings is 1. The third-order valence-corrected chi connectivity index (χ3v) is 4.71. The van der Waals surface area contributed by atoms with Gasteiger partial charge in [0.15, 0.2) is 5.13 Å². The Bertz CT molecular complexity index is 1000. The van der Waals surface area contributed by atoms with Gasteiger partial charge in [0.2, 0.25) is 5.78 Å². The summed E-state index contributed by atoms with van der Waals surface area (Å²) in [7, 11) is 2.86. The van der Waals surface area contributed by atoms with Gasteiger partial charge in [-0.05, 0) is 30.3 Å². The third-order valence-electron chi connectivity index (χ3n) is 3.73. The first kappa shape index (κ1) is 18.4. The van der Waals surface area contributed by atoms with Crippen LogP contribution in [0.15, 0.2) is 48.5 Å². The summed E-state index contributed by atoms with van der Waals surface area (Å²) in [4.78, 5) is 28.9. The highest BCUT2D eigenvalue weighted by Crippen LogP contribution is 2.30. The lowest BCUT2D eigenvalue weighted by Crippen LogP contribution is -2.02. The number of aromatic nitrogens is 1. The van der Waals surface area contributed by atoms with Gasteiger partial charge in [0.1, 0.15) is 16.4 Å². The fourth-order valence-corrected chi connectivity index (χ4v) is 3.28. The molecule has 0 saturated carbocycles. The monoisotopic (exact) mass is 383 g/mol. The van der Waals surface area contributed by atoms with Crippen molar-refractivity contribution >= 4 is 39.7 Å². The molecule has 0 unspecified atom stereocenters. The molecule has 2 aromatic carbocycles. The summed E-state index contributed by atoms with van der Waals surface area (Å²) in [6.07, 6.45) is 0. The van der Waals surface area contributed by atoms with Crippen LogP contribution in [0.5, 0.6) is 5.75 Å². The molecule has 0 radical (unpaired) electrons. The molecule has 3 N–H and O–H groups in total. The van der Waals surface area contributed by atoms with Crippen LogP contribution in [-0.2, 0) is 4.74 Å². The number of ether oxygens (including phenoxy) is 2. The predicted molar refractivity (Wildman–Crippen MR) is 104 cm³/mol. The van der Waals surface area contributed by atoms with Crippen LogP contribution >= 0.6 is 11.3 Å². The summed E-state index contributed by atoms with van der Waals surface area (Å²) in [5.41, 5.74) is 7.43. The van der Waals surface area contributed by atoms with Crippen LogP contribution in [0.25, 0.3) is 0 Å². The molecule has 27 heavy (non-hydrogen) atoms. The fourth-order valence-electron chi connectivity index (χ4n) is 2.41. The molecule has 7 nitrogen and oxygen atoms in total. The van der Waals surface area contributed by atoms with Crippen molar-refractivity contribution in [3.05, 3.63) is 64.5 Å². The number of esters is 1. The Balaban J connectivity index is 1.84. The Morgan fingerprint density at radius 1 is 1.07 bits per heavy atom. The number of nitrogens with zero attached hydrogens (tertiary/aromatic N) is 1. The molecule has 0 aliphatic heterocycles. The van der Waals surface area contributed by atoms with E-state index >= 15 is 0 Å². The number of anilines is 3. The molecule has 0 fully saturated rings. The molecular formula is C19H17N3O4S. The van der Waals surface area contributed by atoms with Gasteiger partial charge in [0.25, 0.3) is 0 Å². The minimum atomic E-state index is -0.439. The van der Waals surface area contributed by atoms with Crippen molar-refractivity contribution in [3.8, 4) is 5.75 Å². The maximum atomic E-state index is 12.7. The molecule has 0 amide bonds. The van der Waals surface area contributed by atoms with E-state index in [0.29, 0.717) is 32.6 Å². The van der Waals surface area contributed by atoms with Crippen LogP contribution in [-0.4, -0.2) is 31.0 Å². The van der Waals surface area contributed by atoms with Crippen LogP contribution in [0, 0.1) is 0 Å². The molecule has 3 aromatic rings. The summed E-state index contributed by atoms with van der Waals surface area (Å²) in [6, 6.07) is 13.6. The number of nitrogen functional groups attached to an aromatic ring is 1. The Hall–Kier alpha value is -3.39. The summed E-state index contributed by atoms with van der Waals surface area (Å²) in [5, 5.41) is 3.50. The van der Waals surface area contributed by atoms with Gasteiger partial charge < -0.3 is 20.5 Å².